The number of hydrogen-bond acceptors (Lipinski definition) is 1. The fourth-order valence-electron chi connectivity index (χ4n) is 4.04. The first kappa shape index (κ1) is 20.7. The normalized spacial score (nSPS) is 22.2. The lowest BCUT2D eigenvalue weighted by molar-refractivity contribution is 0.344. The molecule has 0 N–H and O–H groups in total. The highest BCUT2D eigenvalue weighted by Crippen LogP contribution is 2.34. The number of rotatable bonds is 8. The Balaban J connectivity index is 2.18. The first-order chi connectivity index (χ1) is 12.0. The number of benzene rings is 1. The van der Waals surface area contributed by atoms with Gasteiger partial charge in [0, 0.05) is 5.25 Å². The summed E-state index contributed by atoms with van der Waals surface area (Å²) in [5.74, 6) is -0.476. The third-order valence-electron chi connectivity index (χ3n) is 5.95. The Hall–Kier alpha value is -0.570. The van der Waals surface area contributed by atoms with Gasteiger partial charge >= 0.3 is 0 Å². The SMILES string of the molecule is CCCCc1cc(CCC2CCC(S)CC2)c(F)c(F)c1C(C)CC. The molecule has 1 aromatic carbocycles. The average Bonchev–Trinajstić information content (AvgIpc) is 2.62. The van der Waals surface area contributed by atoms with Crippen LogP contribution in [-0.2, 0) is 12.8 Å². The van der Waals surface area contributed by atoms with E-state index in [9.17, 15) is 8.78 Å². The molecule has 1 atom stereocenters. The van der Waals surface area contributed by atoms with Gasteiger partial charge in [-0.3, -0.25) is 0 Å². The lowest BCUT2D eigenvalue weighted by atomic mass is 9.83. The van der Waals surface area contributed by atoms with Crippen molar-refractivity contribution in [3.8, 4) is 0 Å². The van der Waals surface area contributed by atoms with Gasteiger partial charge in [-0.25, -0.2) is 8.78 Å². The van der Waals surface area contributed by atoms with Gasteiger partial charge in [0.25, 0.3) is 0 Å². The molecule has 2 rings (SSSR count). The molecule has 0 nitrogen and oxygen atoms in total. The molecule has 0 aromatic heterocycles. The molecule has 3 heteroatoms. The summed E-state index contributed by atoms with van der Waals surface area (Å²) >= 11 is 4.55. The van der Waals surface area contributed by atoms with Gasteiger partial charge in [-0.2, -0.15) is 12.6 Å². The van der Waals surface area contributed by atoms with Gasteiger partial charge in [0.15, 0.2) is 11.6 Å². The minimum Gasteiger partial charge on any atom is -0.203 e. The summed E-state index contributed by atoms with van der Waals surface area (Å²) in [6, 6.07) is 1.97. The molecule has 1 aliphatic rings. The molecule has 0 spiro atoms. The lowest BCUT2D eigenvalue weighted by Crippen LogP contribution is -2.15. The van der Waals surface area contributed by atoms with Crippen LogP contribution < -0.4 is 0 Å². The molecule has 0 amide bonds. The van der Waals surface area contributed by atoms with E-state index in [0.29, 0.717) is 28.7 Å². The van der Waals surface area contributed by atoms with Gasteiger partial charge in [-0.15, -0.1) is 0 Å². The van der Waals surface area contributed by atoms with Crippen molar-refractivity contribution in [2.45, 2.75) is 96.1 Å². The fraction of sp³-hybridized carbons (Fsp3) is 0.727. The van der Waals surface area contributed by atoms with Crippen molar-refractivity contribution in [1.29, 1.82) is 0 Å². The summed E-state index contributed by atoms with van der Waals surface area (Å²) in [5, 5.41) is 0.529. The highest BCUT2D eigenvalue weighted by Gasteiger charge is 2.23. The van der Waals surface area contributed by atoms with E-state index in [-0.39, 0.29) is 5.92 Å². The van der Waals surface area contributed by atoms with Crippen LogP contribution in [0.1, 0.15) is 94.7 Å². The average molecular weight is 369 g/mol. The van der Waals surface area contributed by atoms with E-state index in [4.69, 9.17) is 0 Å². The number of hydrogen-bond donors (Lipinski definition) is 1. The molecule has 0 aliphatic heterocycles. The van der Waals surface area contributed by atoms with Crippen LogP contribution in [0.2, 0.25) is 0 Å². The van der Waals surface area contributed by atoms with Gasteiger partial charge in [-0.05, 0) is 86.3 Å². The van der Waals surface area contributed by atoms with Gasteiger partial charge in [0.1, 0.15) is 0 Å². The van der Waals surface area contributed by atoms with Crippen molar-refractivity contribution in [2.24, 2.45) is 5.92 Å². The zero-order valence-electron chi connectivity index (χ0n) is 16.1. The highest BCUT2D eigenvalue weighted by atomic mass is 32.1. The van der Waals surface area contributed by atoms with E-state index in [1.54, 1.807) is 0 Å². The molecule has 142 valence electrons. The second-order valence-electron chi connectivity index (χ2n) is 7.86. The Morgan fingerprint density at radius 3 is 2.32 bits per heavy atom. The smallest absolute Gasteiger partial charge is 0.162 e. The fourth-order valence-corrected chi connectivity index (χ4v) is 4.34. The molecule has 0 saturated heterocycles. The lowest BCUT2D eigenvalue weighted by Gasteiger charge is -2.26. The van der Waals surface area contributed by atoms with Gasteiger partial charge in [0.05, 0.1) is 0 Å². The zero-order chi connectivity index (χ0) is 18.4. The maximum Gasteiger partial charge on any atom is 0.162 e. The molecule has 1 aromatic rings. The van der Waals surface area contributed by atoms with Crippen LogP contribution in [0.5, 0.6) is 0 Å². The van der Waals surface area contributed by atoms with E-state index in [2.05, 4.69) is 19.6 Å². The highest BCUT2D eigenvalue weighted by molar-refractivity contribution is 7.80. The van der Waals surface area contributed by atoms with Crippen LogP contribution in [0.3, 0.4) is 0 Å². The van der Waals surface area contributed by atoms with Crippen molar-refractivity contribution in [3.63, 3.8) is 0 Å². The molecule has 25 heavy (non-hydrogen) atoms. The van der Waals surface area contributed by atoms with E-state index < -0.39 is 11.6 Å². The molecule has 1 aliphatic carbocycles. The zero-order valence-corrected chi connectivity index (χ0v) is 17.0. The van der Waals surface area contributed by atoms with Crippen molar-refractivity contribution in [3.05, 3.63) is 34.4 Å². The number of aryl methyl sites for hydroxylation is 2. The minimum atomic E-state index is -0.599. The minimum absolute atomic E-state index is 0.0704. The Morgan fingerprint density at radius 1 is 1.04 bits per heavy atom. The second kappa shape index (κ2) is 9.94. The largest absolute Gasteiger partial charge is 0.203 e. The van der Waals surface area contributed by atoms with Crippen LogP contribution >= 0.6 is 12.6 Å². The van der Waals surface area contributed by atoms with Gasteiger partial charge in [-0.1, -0.05) is 33.3 Å². The van der Waals surface area contributed by atoms with E-state index in [1.165, 1.54) is 12.8 Å². The summed E-state index contributed by atoms with van der Waals surface area (Å²) in [6.07, 6.45) is 10.1. The quantitative estimate of drug-likeness (QED) is 0.459. The van der Waals surface area contributed by atoms with E-state index >= 15 is 0 Å². The third kappa shape index (κ3) is 5.45. The topological polar surface area (TPSA) is 0 Å². The Morgan fingerprint density at radius 2 is 1.72 bits per heavy atom. The number of unbranched alkanes of at least 4 members (excludes halogenated alkanes) is 1. The summed E-state index contributed by atoms with van der Waals surface area (Å²) < 4.78 is 29.5. The van der Waals surface area contributed by atoms with Crippen LogP contribution in [0, 0.1) is 17.6 Å². The van der Waals surface area contributed by atoms with Gasteiger partial charge in [0.2, 0.25) is 0 Å². The molecule has 0 heterocycles. The molecule has 1 saturated carbocycles. The van der Waals surface area contributed by atoms with Crippen LogP contribution in [-0.4, -0.2) is 5.25 Å². The number of thiol groups is 1. The van der Waals surface area contributed by atoms with Crippen molar-refractivity contribution in [2.75, 3.05) is 0 Å². The Labute approximate surface area is 158 Å². The summed E-state index contributed by atoms with van der Waals surface area (Å²) in [4.78, 5) is 0. The third-order valence-corrected chi connectivity index (χ3v) is 6.46. The molecule has 0 bridgehead atoms. The first-order valence-corrected chi connectivity index (χ1v) is 10.7. The molecular weight excluding hydrogens is 334 g/mol. The van der Waals surface area contributed by atoms with Crippen LogP contribution in [0.4, 0.5) is 8.78 Å². The van der Waals surface area contributed by atoms with Crippen LogP contribution in [0.15, 0.2) is 6.07 Å². The molecule has 1 unspecified atom stereocenters. The summed E-state index contributed by atoms with van der Waals surface area (Å²) in [7, 11) is 0. The molecule has 1 fully saturated rings. The maximum atomic E-state index is 14.8. The predicted molar refractivity (Wildman–Crippen MR) is 107 cm³/mol. The standard InChI is InChI=1S/C22H34F2S/c1-4-6-7-17-14-18(11-8-16-9-12-19(25)13-10-16)21(23)22(24)20(17)15(3)5-2/h14-16,19,25H,4-13H2,1-3H3. The first-order valence-electron chi connectivity index (χ1n) is 10.2. The summed E-state index contributed by atoms with van der Waals surface area (Å²) in [5.41, 5.74) is 2.24. The van der Waals surface area contributed by atoms with Crippen LogP contribution in [0.25, 0.3) is 0 Å². The van der Waals surface area contributed by atoms with Crippen molar-refractivity contribution < 1.29 is 8.78 Å². The van der Waals surface area contributed by atoms with Crippen molar-refractivity contribution in [1.82, 2.24) is 0 Å². The van der Waals surface area contributed by atoms with Crippen molar-refractivity contribution >= 4 is 12.6 Å². The number of halogens is 2. The monoisotopic (exact) mass is 368 g/mol. The van der Waals surface area contributed by atoms with E-state index in [0.717, 1.165) is 50.5 Å². The molecular formula is C22H34F2S. The second-order valence-corrected chi connectivity index (χ2v) is 8.59. The maximum absolute atomic E-state index is 14.8. The summed E-state index contributed by atoms with van der Waals surface area (Å²) in [6.45, 7) is 6.18. The van der Waals surface area contributed by atoms with E-state index in [1.807, 2.05) is 19.9 Å². The Bertz CT molecular complexity index is 547. The molecule has 0 radical (unpaired) electrons. The predicted octanol–water partition coefficient (Wildman–Crippen LogP) is 7.24. The Kier molecular flexibility index (Phi) is 8.25. The van der Waals surface area contributed by atoms with Gasteiger partial charge < -0.3 is 0 Å².